The number of aromatic nitrogens is 3. The van der Waals surface area contributed by atoms with Gasteiger partial charge in [-0.1, -0.05) is 27.2 Å². The van der Waals surface area contributed by atoms with Crippen molar-refractivity contribution in [1.29, 1.82) is 0 Å². The number of anilines is 1. The minimum absolute atomic E-state index is 0.199. The summed E-state index contributed by atoms with van der Waals surface area (Å²) in [5, 5.41) is 0.199. The number of nitrogens with zero attached hydrogens (tertiary/aromatic N) is 4. The molecular weight excluding hydrogens is 276 g/mol. The standard InChI is InChI=1S/C14H23ClN4O/c1-4-10-20-13-17-11(15)16-12(18-13)19-8-6-14(3,5-2)7-9-19/h4-10H2,1-3H3. The summed E-state index contributed by atoms with van der Waals surface area (Å²) in [5.74, 6) is 0.634. The first kappa shape index (κ1) is 15.3. The van der Waals surface area contributed by atoms with E-state index in [0.29, 0.717) is 24.0 Å². The molecule has 0 saturated carbocycles. The second-order valence-electron chi connectivity index (χ2n) is 5.69. The van der Waals surface area contributed by atoms with Gasteiger partial charge in [-0.25, -0.2) is 0 Å². The molecule has 1 aromatic rings. The third kappa shape index (κ3) is 3.72. The van der Waals surface area contributed by atoms with E-state index in [4.69, 9.17) is 16.3 Å². The molecule has 6 heteroatoms. The fraction of sp³-hybridized carbons (Fsp3) is 0.786. The molecule has 1 aliphatic rings. The number of hydrogen-bond acceptors (Lipinski definition) is 5. The van der Waals surface area contributed by atoms with Crippen LogP contribution in [0.2, 0.25) is 5.28 Å². The van der Waals surface area contributed by atoms with Gasteiger partial charge in [0.1, 0.15) is 0 Å². The summed E-state index contributed by atoms with van der Waals surface area (Å²) >= 11 is 5.96. The van der Waals surface area contributed by atoms with E-state index in [2.05, 4.69) is 33.7 Å². The van der Waals surface area contributed by atoms with Crippen LogP contribution in [0.5, 0.6) is 6.01 Å². The van der Waals surface area contributed by atoms with Crippen LogP contribution in [0.1, 0.15) is 46.5 Å². The summed E-state index contributed by atoms with van der Waals surface area (Å²) in [6, 6.07) is 0.325. The second-order valence-corrected chi connectivity index (χ2v) is 6.02. The lowest BCUT2D eigenvalue weighted by atomic mass is 9.78. The van der Waals surface area contributed by atoms with Crippen molar-refractivity contribution in [3.05, 3.63) is 5.28 Å². The maximum absolute atomic E-state index is 5.96. The van der Waals surface area contributed by atoms with E-state index in [1.165, 1.54) is 6.42 Å². The fourth-order valence-corrected chi connectivity index (χ4v) is 2.47. The normalized spacial score (nSPS) is 18.1. The highest BCUT2D eigenvalue weighted by atomic mass is 35.5. The Hall–Kier alpha value is -1.10. The van der Waals surface area contributed by atoms with Crippen molar-refractivity contribution in [3.63, 3.8) is 0 Å². The van der Waals surface area contributed by atoms with Crippen LogP contribution < -0.4 is 9.64 Å². The molecule has 0 aliphatic carbocycles. The Bertz CT molecular complexity index is 447. The molecule has 2 heterocycles. The van der Waals surface area contributed by atoms with Crippen LogP contribution in [-0.2, 0) is 0 Å². The number of hydrogen-bond donors (Lipinski definition) is 0. The van der Waals surface area contributed by atoms with E-state index in [1.54, 1.807) is 0 Å². The van der Waals surface area contributed by atoms with Crippen molar-refractivity contribution in [2.24, 2.45) is 5.41 Å². The largest absolute Gasteiger partial charge is 0.463 e. The molecule has 1 aromatic heterocycles. The molecule has 2 rings (SSSR count). The van der Waals surface area contributed by atoms with Gasteiger partial charge in [-0.05, 0) is 36.3 Å². The predicted octanol–water partition coefficient (Wildman–Crippen LogP) is 3.33. The predicted molar refractivity (Wildman–Crippen MR) is 80.5 cm³/mol. The Balaban J connectivity index is 2.07. The molecule has 0 N–H and O–H groups in total. The zero-order valence-electron chi connectivity index (χ0n) is 12.5. The molecule has 0 unspecified atom stereocenters. The number of ether oxygens (including phenoxy) is 1. The average molecular weight is 299 g/mol. The van der Waals surface area contributed by atoms with Gasteiger partial charge in [0, 0.05) is 13.1 Å². The van der Waals surface area contributed by atoms with Gasteiger partial charge in [0.05, 0.1) is 6.61 Å². The van der Waals surface area contributed by atoms with Gasteiger partial charge in [-0.3, -0.25) is 0 Å². The smallest absolute Gasteiger partial charge is 0.322 e. The van der Waals surface area contributed by atoms with Crippen molar-refractivity contribution >= 4 is 17.5 Å². The highest BCUT2D eigenvalue weighted by Crippen LogP contribution is 2.35. The average Bonchev–Trinajstić information content (AvgIpc) is 2.45. The van der Waals surface area contributed by atoms with Gasteiger partial charge in [-0.2, -0.15) is 15.0 Å². The molecule has 0 bridgehead atoms. The van der Waals surface area contributed by atoms with Gasteiger partial charge >= 0.3 is 6.01 Å². The van der Waals surface area contributed by atoms with Gasteiger partial charge < -0.3 is 9.64 Å². The summed E-state index contributed by atoms with van der Waals surface area (Å²) in [5.41, 5.74) is 0.439. The third-order valence-corrected chi connectivity index (χ3v) is 4.29. The zero-order valence-corrected chi connectivity index (χ0v) is 13.3. The van der Waals surface area contributed by atoms with E-state index < -0.39 is 0 Å². The van der Waals surface area contributed by atoms with Gasteiger partial charge in [0.25, 0.3) is 0 Å². The number of piperidine rings is 1. The van der Waals surface area contributed by atoms with Gasteiger partial charge in [-0.15, -0.1) is 0 Å². The molecular formula is C14H23ClN4O. The molecule has 0 spiro atoms. The van der Waals surface area contributed by atoms with E-state index >= 15 is 0 Å². The summed E-state index contributed by atoms with van der Waals surface area (Å²) in [4.78, 5) is 14.8. The van der Waals surface area contributed by atoms with Crippen LogP contribution in [0.15, 0.2) is 0 Å². The third-order valence-electron chi connectivity index (χ3n) is 4.12. The van der Waals surface area contributed by atoms with Crippen molar-refractivity contribution in [2.75, 3.05) is 24.6 Å². The number of halogens is 1. The molecule has 1 aliphatic heterocycles. The first-order valence-corrected chi connectivity index (χ1v) is 7.73. The van der Waals surface area contributed by atoms with Gasteiger partial charge in [0.2, 0.25) is 11.2 Å². The van der Waals surface area contributed by atoms with Crippen LogP contribution >= 0.6 is 11.6 Å². The molecule has 1 fully saturated rings. The first-order chi connectivity index (χ1) is 9.56. The van der Waals surface area contributed by atoms with Gasteiger partial charge in [0.15, 0.2) is 0 Å². The SMILES string of the molecule is CCCOc1nc(Cl)nc(N2CCC(C)(CC)CC2)n1. The maximum atomic E-state index is 5.96. The lowest BCUT2D eigenvalue weighted by Gasteiger charge is -2.38. The number of rotatable bonds is 5. The summed E-state index contributed by atoms with van der Waals surface area (Å²) < 4.78 is 5.46. The van der Waals surface area contributed by atoms with Crippen LogP contribution in [0.25, 0.3) is 0 Å². The summed E-state index contributed by atoms with van der Waals surface area (Å²) in [7, 11) is 0. The Labute approximate surface area is 125 Å². The Morgan fingerprint density at radius 1 is 1.20 bits per heavy atom. The topological polar surface area (TPSA) is 51.1 Å². The minimum atomic E-state index is 0.199. The molecule has 112 valence electrons. The lowest BCUT2D eigenvalue weighted by Crippen LogP contribution is -2.39. The summed E-state index contributed by atoms with van der Waals surface area (Å²) in [6.07, 6.45) is 4.43. The van der Waals surface area contributed by atoms with Crippen LogP contribution in [-0.4, -0.2) is 34.6 Å². The molecule has 0 radical (unpaired) electrons. The Morgan fingerprint density at radius 3 is 2.50 bits per heavy atom. The molecule has 1 saturated heterocycles. The highest BCUT2D eigenvalue weighted by Gasteiger charge is 2.29. The Morgan fingerprint density at radius 2 is 1.90 bits per heavy atom. The fourth-order valence-electron chi connectivity index (χ4n) is 2.32. The molecule has 20 heavy (non-hydrogen) atoms. The second kappa shape index (κ2) is 6.57. The van der Waals surface area contributed by atoms with E-state index in [1.807, 2.05) is 6.92 Å². The van der Waals surface area contributed by atoms with Crippen molar-refractivity contribution < 1.29 is 4.74 Å². The van der Waals surface area contributed by atoms with E-state index in [9.17, 15) is 0 Å². The van der Waals surface area contributed by atoms with Crippen LogP contribution in [0.3, 0.4) is 0 Å². The lowest BCUT2D eigenvalue weighted by molar-refractivity contribution is 0.236. The molecule has 5 nitrogen and oxygen atoms in total. The first-order valence-electron chi connectivity index (χ1n) is 7.35. The molecule has 0 amide bonds. The van der Waals surface area contributed by atoms with Crippen molar-refractivity contribution in [1.82, 2.24) is 15.0 Å². The zero-order chi connectivity index (χ0) is 14.6. The van der Waals surface area contributed by atoms with Crippen molar-refractivity contribution in [2.45, 2.75) is 46.5 Å². The van der Waals surface area contributed by atoms with E-state index in [-0.39, 0.29) is 5.28 Å². The highest BCUT2D eigenvalue weighted by molar-refractivity contribution is 6.28. The molecule has 0 atom stereocenters. The van der Waals surface area contributed by atoms with Crippen LogP contribution in [0, 0.1) is 5.41 Å². The van der Waals surface area contributed by atoms with E-state index in [0.717, 1.165) is 32.4 Å². The summed E-state index contributed by atoms with van der Waals surface area (Å²) in [6.45, 7) is 9.15. The van der Waals surface area contributed by atoms with Crippen molar-refractivity contribution in [3.8, 4) is 6.01 Å². The molecule has 0 aromatic carbocycles. The quantitative estimate of drug-likeness (QED) is 0.834. The van der Waals surface area contributed by atoms with Crippen LogP contribution in [0.4, 0.5) is 5.95 Å². The Kier molecular flexibility index (Phi) is 5.02. The minimum Gasteiger partial charge on any atom is -0.463 e. The maximum Gasteiger partial charge on any atom is 0.322 e. The monoisotopic (exact) mass is 298 g/mol.